The van der Waals surface area contributed by atoms with E-state index in [1.54, 1.807) is 0 Å². The number of ketones is 1. The van der Waals surface area contributed by atoms with E-state index in [9.17, 15) is 4.79 Å². The molecule has 0 aromatic heterocycles. The minimum atomic E-state index is -0.969. The summed E-state index contributed by atoms with van der Waals surface area (Å²) in [5.74, 6) is 3.13. The van der Waals surface area contributed by atoms with E-state index in [1.807, 2.05) is 6.92 Å². The smallest absolute Gasteiger partial charge is 0.133 e. The van der Waals surface area contributed by atoms with Gasteiger partial charge in [0.15, 0.2) is 0 Å². The van der Waals surface area contributed by atoms with Crippen LogP contribution in [0, 0.1) is 34.5 Å². The first kappa shape index (κ1) is 15.1. The number of hydrogen-bond donors (Lipinski definition) is 0. The first-order chi connectivity index (χ1) is 10.3. The first-order valence-electron chi connectivity index (χ1n) is 9.48. The van der Waals surface area contributed by atoms with E-state index in [0.29, 0.717) is 29.0 Å². The van der Waals surface area contributed by atoms with Gasteiger partial charge >= 0.3 is 0 Å². The van der Waals surface area contributed by atoms with Gasteiger partial charge in [0.05, 0.1) is 0 Å². The first-order valence-corrected chi connectivity index (χ1v) is 9.48. The van der Waals surface area contributed by atoms with E-state index in [1.165, 1.54) is 19.3 Å². The highest BCUT2D eigenvalue weighted by Crippen LogP contribution is 2.68. The summed E-state index contributed by atoms with van der Waals surface area (Å²) in [6, 6.07) is 0. The summed E-state index contributed by atoms with van der Waals surface area (Å²) in [5, 5.41) is 0. The summed E-state index contributed by atoms with van der Waals surface area (Å²) in [7, 11) is 0. The van der Waals surface area contributed by atoms with Gasteiger partial charge in [0.25, 0.3) is 0 Å². The summed E-state index contributed by atoms with van der Waals surface area (Å²) < 4.78 is 15.1. The summed E-state index contributed by atoms with van der Waals surface area (Å²) in [6.07, 6.45) is 9.25. The van der Waals surface area contributed by atoms with Crippen molar-refractivity contribution in [1.29, 1.82) is 0 Å². The lowest BCUT2D eigenvalue weighted by Crippen LogP contribution is -2.55. The Labute approximate surface area is 134 Å². The number of carbonyl (C=O) groups excluding carboxylic acids is 1. The number of halogens is 1. The molecule has 4 aliphatic carbocycles. The third-order valence-corrected chi connectivity index (χ3v) is 8.99. The van der Waals surface area contributed by atoms with E-state index in [4.69, 9.17) is 0 Å². The molecule has 0 spiro atoms. The molecule has 0 heterocycles. The lowest BCUT2D eigenvalue weighted by atomic mass is 9.44. The van der Waals surface area contributed by atoms with Crippen LogP contribution >= 0.6 is 0 Å². The van der Waals surface area contributed by atoms with E-state index in [2.05, 4.69) is 13.8 Å². The molecule has 4 aliphatic rings. The molecule has 0 amide bonds. The van der Waals surface area contributed by atoms with Crippen LogP contribution in [0.3, 0.4) is 0 Å². The molecule has 0 aromatic rings. The van der Waals surface area contributed by atoms with E-state index < -0.39 is 5.67 Å². The van der Waals surface area contributed by atoms with Gasteiger partial charge in [-0.1, -0.05) is 13.8 Å². The maximum Gasteiger partial charge on any atom is 0.133 e. The minimum Gasteiger partial charge on any atom is -0.300 e. The molecule has 2 heteroatoms. The molecule has 1 nitrogen and oxygen atoms in total. The van der Waals surface area contributed by atoms with Crippen LogP contribution in [0.1, 0.15) is 78.6 Å². The number of carbonyl (C=O) groups is 1. The van der Waals surface area contributed by atoms with Crippen molar-refractivity contribution in [3.8, 4) is 0 Å². The molecule has 0 aromatic carbocycles. The van der Waals surface area contributed by atoms with Gasteiger partial charge in [0.1, 0.15) is 11.5 Å². The fourth-order valence-corrected chi connectivity index (χ4v) is 7.26. The van der Waals surface area contributed by atoms with Gasteiger partial charge in [-0.3, -0.25) is 4.79 Å². The van der Waals surface area contributed by atoms with E-state index in [-0.39, 0.29) is 5.41 Å². The third kappa shape index (κ3) is 1.79. The zero-order valence-corrected chi connectivity index (χ0v) is 14.5. The Morgan fingerprint density at radius 3 is 2.45 bits per heavy atom. The number of fused-ring (bicyclic) bond motifs is 5. The quantitative estimate of drug-likeness (QED) is 0.591. The van der Waals surface area contributed by atoms with E-state index >= 15 is 4.39 Å². The van der Waals surface area contributed by atoms with Crippen LogP contribution in [0.2, 0.25) is 0 Å². The summed E-state index contributed by atoms with van der Waals surface area (Å²) in [4.78, 5) is 11.9. The molecular formula is C20H31FO. The lowest BCUT2D eigenvalue weighted by Gasteiger charge is -2.60. The maximum absolute atomic E-state index is 15.1. The van der Waals surface area contributed by atoms with Crippen LogP contribution in [0.25, 0.3) is 0 Å². The van der Waals surface area contributed by atoms with Crippen molar-refractivity contribution < 1.29 is 9.18 Å². The van der Waals surface area contributed by atoms with Crippen molar-refractivity contribution in [1.82, 2.24) is 0 Å². The maximum atomic E-state index is 15.1. The Kier molecular flexibility index (Phi) is 3.15. The second-order valence-corrected chi connectivity index (χ2v) is 9.59. The van der Waals surface area contributed by atoms with Crippen LogP contribution in [0.15, 0.2) is 0 Å². The average molecular weight is 306 g/mol. The molecule has 0 bridgehead atoms. The van der Waals surface area contributed by atoms with E-state index in [0.717, 1.165) is 44.4 Å². The zero-order valence-electron chi connectivity index (χ0n) is 14.5. The predicted molar refractivity (Wildman–Crippen MR) is 86.2 cm³/mol. The van der Waals surface area contributed by atoms with Crippen LogP contribution in [0.5, 0.6) is 0 Å². The Balaban J connectivity index is 1.65. The minimum absolute atomic E-state index is 0.0954. The SMILES string of the molecule is C[C@]12CCC(=O)C[C@@H]1CC[C@@H]1[C@@H]2CC[C@@]2(C)[C@H]1CC[C@@]2(C)F. The molecule has 124 valence electrons. The Morgan fingerprint density at radius 2 is 1.68 bits per heavy atom. The van der Waals surface area contributed by atoms with Gasteiger partial charge in [-0.25, -0.2) is 4.39 Å². The molecular weight excluding hydrogens is 275 g/mol. The van der Waals surface area contributed by atoms with Crippen molar-refractivity contribution in [2.45, 2.75) is 84.2 Å². The molecule has 7 atom stereocenters. The van der Waals surface area contributed by atoms with Crippen molar-refractivity contribution >= 4 is 5.78 Å². The number of rotatable bonds is 0. The Morgan fingerprint density at radius 1 is 0.955 bits per heavy atom. The molecule has 4 saturated carbocycles. The molecule has 0 unspecified atom stereocenters. The normalized spacial score (nSPS) is 57.9. The molecule has 22 heavy (non-hydrogen) atoms. The molecule has 0 saturated heterocycles. The van der Waals surface area contributed by atoms with Crippen molar-refractivity contribution in [3.63, 3.8) is 0 Å². The summed E-state index contributed by atoms with van der Waals surface area (Å²) in [6.45, 7) is 6.56. The van der Waals surface area contributed by atoms with Gasteiger partial charge in [-0.2, -0.15) is 0 Å². The molecule has 0 N–H and O–H groups in total. The van der Waals surface area contributed by atoms with Crippen molar-refractivity contribution in [3.05, 3.63) is 0 Å². The molecule has 0 aliphatic heterocycles. The van der Waals surface area contributed by atoms with Gasteiger partial charge in [-0.15, -0.1) is 0 Å². The highest BCUT2D eigenvalue weighted by atomic mass is 19.1. The van der Waals surface area contributed by atoms with Crippen LogP contribution < -0.4 is 0 Å². The van der Waals surface area contributed by atoms with Gasteiger partial charge in [0.2, 0.25) is 0 Å². The van der Waals surface area contributed by atoms with Gasteiger partial charge in [0, 0.05) is 18.3 Å². The zero-order chi connectivity index (χ0) is 15.8. The van der Waals surface area contributed by atoms with Gasteiger partial charge < -0.3 is 0 Å². The van der Waals surface area contributed by atoms with Crippen molar-refractivity contribution in [2.24, 2.45) is 34.5 Å². The fourth-order valence-electron chi connectivity index (χ4n) is 7.26. The summed E-state index contributed by atoms with van der Waals surface area (Å²) in [5.41, 5.74) is -0.710. The van der Waals surface area contributed by atoms with Crippen LogP contribution in [-0.2, 0) is 4.79 Å². The number of alkyl halides is 1. The standard InChI is InChI=1S/C20H31FO/c1-18-9-6-14(22)12-13(18)4-5-15-16(18)7-10-19(2)17(15)8-11-20(19,3)21/h13,15-17H,4-12H2,1-3H3/t13-,15+,16-,17-,18-,19-,20+/m0/s1. The molecule has 4 rings (SSSR count). The second-order valence-electron chi connectivity index (χ2n) is 9.59. The largest absolute Gasteiger partial charge is 0.300 e. The second kappa shape index (κ2) is 4.57. The molecule has 0 radical (unpaired) electrons. The third-order valence-electron chi connectivity index (χ3n) is 8.99. The van der Waals surface area contributed by atoms with Crippen molar-refractivity contribution in [2.75, 3.05) is 0 Å². The van der Waals surface area contributed by atoms with Crippen LogP contribution in [-0.4, -0.2) is 11.5 Å². The number of hydrogen-bond acceptors (Lipinski definition) is 1. The lowest BCUT2D eigenvalue weighted by molar-refractivity contribution is -0.144. The highest BCUT2D eigenvalue weighted by molar-refractivity contribution is 5.79. The topological polar surface area (TPSA) is 17.1 Å². The fraction of sp³-hybridized carbons (Fsp3) is 0.950. The predicted octanol–water partition coefficient (Wildman–Crippen LogP) is 5.33. The van der Waals surface area contributed by atoms with Gasteiger partial charge in [-0.05, 0) is 81.0 Å². The monoisotopic (exact) mass is 306 g/mol. The molecule has 4 fully saturated rings. The Hall–Kier alpha value is -0.400. The Bertz CT molecular complexity index is 498. The summed E-state index contributed by atoms with van der Waals surface area (Å²) >= 11 is 0. The van der Waals surface area contributed by atoms with Crippen LogP contribution in [0.4, 0.5) is 4.39 Å². The average Bonchev–Trinajstić information content (AvgIpc) is 2.70. The highest BCUT2D eigenvalue weighted by Gasteiger charge is 2.63. The number of Topliss-reactive ketones (excluding diaryl/α,β-unsaturated/α-hetero) is 1.